The van der Waals surface area contributed by atoms with Crippen LogP contribution in [0.5, 0.6) is 0 Å². The maximum absolute atomic E-state index is 11.3. The van der Waals surface area contributed by atoms with E-state index in [1.807, 2.05) is 43.3 Å². The van der Waals surface area contributed by atoms with E-state index in [9.17, 15) is 9.59 Å². The zero-order valence-corrected chi connectivity index (χ0v) is 10.1. The van der Waals surface area contributed by atoms with Crippen molar-refractivity contribution < 1.29 is 9.59 Å². The van der Waals surface area contributed by atoms with Crippen molar-refractivity contribution in [2.45, 2.75) is 6.92 Å². The molecule has 1 saturated heterocycles. The van der Waals surface area contributed by atoms with Crippen molar-refractivity contribution in [1.29, 1.82) is 0 Å². The van der Waals surface area contributed by atoms with E-state index >= 15 is 0 Å². The summed E-state index contributed by atoms with van der Waals surface area (Å²) in [6, 6.07) is 9.81. The molecule has 1 heterocycles. The van der Waals surface area contributed by atoms with Gasteiger partial charge in [-0.2, -0.15) is 0 Å². The topological polar surface area (TPSA) is 46.2 Å². The summed E-state index contributed by atoms with van der Waals surface area (Å²) in [5, 5.41) is 1.91. The molecule has 1 fully saturated rings. The fraction of sp³-hybridized carbons (Fsp3) is 0.0769. The Morgan fingerprint density at radius 2 is 1.94 bits per heavy atom. The van der Waals surface area contributed by atoms with Gasteiger partial charge >= 0.3 is 0 Å². The number of allylic oxidation sites excluding steroid dienone is 2. The third kappa shape index (κ3) is 3.07. The number of thioether (sulfide) groups is 1. The first-order valence-corrected chi connectivity index (χ1v) is 5.95. The molecule has 2 amide bonds. The van der Waals surface area contributed by atoms with E-state index in [0.29, 0.717) is 4.91 Å². The lowest BCUT2D eigenvalue weighted by Crippen LogP contribution is -2.17. The van der Waals surface area contributed by atoms with Gasteiger partial charge in [-0.15, -0.1) is 0 Å². The minimum Gasteiger partial charge on any atom is -0.282 e. The van der Waals surface area contributed by atoms with Crippen LogP contribution in [0.1, 0.15) is 12.5 Å². The number of imide groups is 1. The van der Waals surface area contributed by atoms with Crippen LogP contribution in [0.3, 0.4) is 0 Å². The summed E-state index contributed by atoms with van der Waals surface area (Å²) < 4.78 is 0. The molecule has 2 rings (SSSR count). The first-order valence-electron chi connectivity index (χ1n) is 5.13. The minimum atomic E-state index is -0.319. The average Bonchev–Trinajstić information content (AvgIpc) is 2.58. The number of hydrogen-bond donors (Lipinski definition) is 1. The van der Waals surface area contributed by atoms with Crippen LogP contribution >= 0.6 is 11.8 Å². The summed E-state index contributed by atoms with van der Waals surface area (Å²) in [6.07, 6.45) is 3.68. The SMILES string of the molecule is CC(=Cc1ccccc1)/C=C1/SC(=O)NC1=O. The van der Waals surface area contributed by atoms with Crippen LogP contribution in [0.25, 0.3) is 6.08 Å². The Morgan fingerprint density at radius 3 is 2.53 bits per heavy atom. The largest absolute Gasteiger partial charge is 0.290 e. The van der Waals surface area contributed by atoms with Crippen molar-refractivity contribution in [2.75, 3.05) is 0 Å². The highest BCUT2D eigenvalue weighted by molar-refractivity contribution is 8.18. The van der Waals surface area contributed by atoms with Crippen LogP contribution in [-0.4, -0.2) is 11.1 Å². The number of amides is 2. The van der Waals surface area contributed by atoms with Gasteiger partial charge in [-0.3, -0.25) is 14.9 Å². The first kappa shape index (κ1) is 11.7. The van der Waals surface area contributed by atoms with Gasteiger partial charge in [-0.05, 0) is 35.9 Å². The van der Waals surface area contributed by atoms with E-state index in [4.69, 9.17) is 0 Å². The number of rotatable bonds is 2. The fourth-order valence-corrected chi connectivity index (χ4v) is 2.21. The predicted octanol–water partition coefficient (Wildman–Crippen LogP) is 2.96. The van der Waals surface area contributed by atoms with Gasteiger partial charge in [0, 0.05) is 0 Å². The Morgan fingerprint density at radius 1 is 1.24 bits per heavy atom. The molecule has 1 aliphatic rings. The Labute approximate surface area is 104 Å². The van der Waals surface area contributed by atoms with E-state index in [1.54, 1.807) is 6.08 Å². The number of hydrogen-bond acceptors (Lipinski definition) is 3. The van der Waals surface area contributed by atoms with E-state index in [2.05, 4.69) is 5.32 Å². The second kappa shape index (κ2) is 5.01. The minimum absolute atomic E-state index is 0.311. The van der Waals surface area contributed by atoms with E-state index in [-0.39, 0.29) is 11.1 Å². The molecule has 17 heavy (non-hydrogen) atoms. The Balaban J connectivity index is 2.19. The number of carbonyl (C=O) groups excluding carboxylic acids is 2. The van der Waals surface area contributed by atoms with Gasteiger partial charge in [-0.25, -0.2) is 0 Å². The quantitative estimate of drug-likeness (QED) is 0.815. The Bertz CT molecular complexity index is 517. The van der Waals surface area contributed by atoms with Gasteiger partial charge in [0.05, 0.1) is 4.91 Å². The fourth-order valence-electron chi connectivity index (χ4n) is 1.48. The molecule has 0 unspecified atom stereocenters. The van der Waals surface area contributed by atoms with Crippen molar-refractivity contribution in [3.8, 4) is 0 Å². The molecule has 86 valence electrons. The highest BCUT2D eigenvalue weighted by Crippen LogP contribution is 2.24. The predicted molar refractivity (Wildman–Crippen MR) is 69.3 cm³/mol. The molecule has 0 aromatic heterocycles. The summed E-state index contributed by atoms with van der Waals surface area (Å²) in [5.41, 5.74) is 2.00. The molecular formula is C13H11NO2S. The molecule has 0 bridgehead atoms. The Hall–Kier alpha value is -1.81. The number of carbonyl (C=O) groups is 2. The van der Waals surface area contributed by atoms with Gasteiger partial charge in [0.25, 0.3) is 11.1 Å². The maximum Gasteiger partial charge on any atom is 0.290 e. The molecule has 0 spiro atoms. The van der Waals surface area contributed by atoms with Crippen molar-refractivity contribution >= 4 is 29.0 Å². The monoisotopic (exact) mass is 245 g/mol. The third-order valence-electron chi connectivity index (χ3n) is 2.19. The zero-order valence-electron chi connectivity index (χ0n) is 9.27. The average molecular weight is 245 g/mol. The van der Waals surface area contributed by atoms with Crippen LogP contribution in [0, 0.1) is 0 Å². The molecule has 0 radical (unpaired) electrons. The van der Waals surface area contributed by atoms with Gasteiger partial charge in [0.1, 0.15) is 0 Å². The summed E-state index contributed by atoms with van der Waals surface area (Å²) in [6.45, 7) is 1.90. The lowest BCUT2D eigenvalue weighted by Gasteiger charge is -1.96. The normalized spacial score (nSPS) is 18.6. The molecule has 0 saturated carbocycles. The number of nitrogens with one attached hydrogen (secondary N) is 1. The molecule has 1 N–H and O–H groups in total. The van der Waals surface area contributed by atoms with E-state index < -0.39 is 0 Å². The lowest BCUT2D eigenvalue weighted by atomic mass is 10.1. The van der Waals surface area contributed by atoms with E-state index in [0.717, 1.165) is 22.9 Å². The number of benzene rings is 1. The van der Waals surface area contributed by atoms with Crippen LogP contribution < -0.4 is 5.32 Å². The zero-order chi connectivity index (χ0) is 12.3. The molecule has 3 nitrogen and oxygen atoms in total. The molecule has 1 aliphatic heterocycles. The summed E-state index contributed by atoms with van der Waals surface area (Å²) in [5.74, 6) is -0.319. The summed E-state index contributed by atoms with van der Waals surface area (Å²) in [7, 11) is 0. The van der Waals surface area contributed by atoms with Crippen LogP contribution in [0.4, 0.5) is 4.79 Å². The van der Waals surface area contributed by atoms with Crippen molar-refractivity contribution in [3.05, 3.63) is 52.4 Å². The first-order chi connectivity index (χ1) is 8.15. The van der Waals surface area contributed by atoms with Crippen LogP contribution in [0.15, 0.2) is 46.9 Å². The van der Waals surface area contributed by atoms with Gasteiger partial charge in [0.15, 0.2) is 0 Å². The Kier molecular flexibility index (Phi) is 3.44. The highest BCUT2D eigenvalue weighted by Gasteiger charge is 2.24. The lowest BCUT2D eigenvalue weighted by molar-refractivity contribution is -0.115. The van der Waals surface area contributed by atoms with Gasteiger partial charge in [-0.1, -0.05) is 36.4 Å². The molecular weight excluding hydrogens is 234 g/mol. The summed E-state index contributed by atoms with van der Waals surface area (Å²) in [4.78, 5) is 22.7. The molecule has 1 aromatic carbocycles. The maximum atomic E-state index is 11.3. The van der Waals surface area contributed by atoms with Crippen molar-refractivity contribution in [2.24, 2.45) is 0 Å². The summed E-state index contributed by atoms with van der Waals surface area (Å²) >= 11 is 0.933. The third-order valence-corrected chi connectivity index (χ3v) is 3.01. The van der Waals surface area contributed by atoms with E-state index in [1.165, 1.54) is 0 Å². The molecule has 0 aliphatic carbocycles. The molecule has 1 aromatic rings. The smallest absolute Gasteiger partial charge is 0.282 e. The van der Waals surface area contributed by atoms with Gasteiger partial charge in [0.2, 0.25) is 0 Å². The standard InChI is InChI=1S/C13H11NO2S/c1-9(7-10-5-3-2-4-6-10)8-11-12(15)14-13(16)17-11/h2-8H,1H3,(H,14,15,16)/b9-7?,11-8+. The van der Waals surface area contributed by atoms with Crippen molar-refractivity contribution in [3.63, 3.8) is 0 Å². The van der Waals surface area contributed by atoms with Crippen molar-refractivity contribution in [1.82, 2.24) is 5.32 Å². The second-order valence-corrected chi connectivity index (χ2v) is 4.67. The second-order valence-electron chi connectivity index (χ2n) is 3.65. The highest BCUT2D eigenvalue weighted by atomic mass is 32.2. The van der Waals surface area contributed by atoms with Crippen LogP contribution in [-0.2, 0) is 4.79 Å². The molecule has 0 atom stereocenters. The molecule has 4 heteroatoms. The van der Waals surface area contributed by atoms with Gasteiger partial charge < -0.3 is 0 Å². The van der Waals surface area contributed by atoms with Crippen LogP contribution in [0.2, 0.25) is 0 Å².